The molecule has 4 rings (SSSR count). The fraction of sp³-hybridized carbons (Fsp3) is 0.240. The molecule has 1 aromatic heterocycles. The minimum Gasteiger partial charge on any atom is -0.455 e. The van der Waals surface area contributed by atoms with Crippen LogP contribution in [0.3, 0.4) is 0 Å². The van der Waals surface area contributed by atoms with E-state index in [0.717, 1.165) is 56.7 Å². The number of benzene rings is 2. The van der Waals surface area contributed by atoms with E-state index in [4.69, 9.17) is 4.42 Å². The first kappa shape index (κ1) is 22.0. The standard InChI is InChI=1S/C25H24BrN3O3/c1-14-6-4-7-19(15(14)2)27-25(31)23-16(3)22-20(8-5-9-21(22)32-23)28-29-24(30)17-10-12-18(26)13-11-17/h4,6-7,10-13H,5,8-9H2,1-3H3,(H,27,31)(H,29,30)/b28-20+. The zero-order valence-electron chi connectivity index (χ0n) is 18.2. The Morgan fingerprint density at radius 1 is 0.969 bits per heavy atom. The van der Waals surface area contributed by atoms with Gasteiger partial charge in [0.1, 0.15) is 5.76 Å². The summed E-state index contributed by atoms with van der Waals surface area (Å²) in [6.45, 7) is 5.84. The lowest BCUT2D eigenvalue weighted by molar-refractivity contribution is 0.0953. The normalized spacial score (nSPS) is 14.2. The van der Waals surface area contributed by atoms with Crippen molar-refractivity contribution >= 4 is 39.1 Å². The number of carbonyl (C=O) groups is 2. The maximum absolute atomic E-state index is 13.0. The van der Waals surface area contributed by atoms with Crippen molar-refractivity contribution in [2.75, 3.05) is 5.32 Å². The first-order valence-electron chi connectivity index (χ1n) is 10.5. The minimum atomic E-state index is -0.288. The number of nitrogens with one attached hydrogen (secondary N) is 2. The van der Waals surface area contributed by atoms with Crippen LogP contribution in [-0.4, -0.2) is 17.5 Å². The van der Waals surface area contributed by atoms with E-state index in [0.29, 0.717) is 12.0 Å². The number of anilines is 1. The summed E-state index contributed by atoms with van der Waals surface area (Å²) < 4.78 is 6.87. The Bertz CT molecular complexity index is 1230. The first-order chi connectivity index (χ1) is 15.3. The highest BCUT2D eigenvalue weighted by atomic mass is 79.9. The van der Waals surface area contributed by atoms with Crippen molar-refractivity contribution in [3.05, 3.63) is 86.3 Å². The zero-order valence-corrected chi connectivity index (χ0v) is 19.8. The van der Waals surface area contributed by atoms with E-state index >= 15 is 0 Å². The van der Waals surface area contributed by atoms with Crippen LogP contribution in [0.25, 0.3) is 0 Å². The predicted molar refractivity (Wildman–Crippen MR) is 128 cm³/mol. The number of furan rings is 1. The molecule has 0 spiro atoms. The van der Waals surface area contributed by atoms with Crippen molar-refractivity contribution in [2.45, 2.75) is 40.0 Å². The zero-order chi connectivity index (χ0) is 22.8. The van der Waals surface area contributed by atoms with Gasteiger partial charge < -0.3 is 9.73 Å². The van der Waals surface area contributed by atoms with Crippen LogP contribution in [0.15, 0.2) is 56.5 Å². The molecule has 1 heterocycles. The van der Waals surface area contributed by atoms with Gasteiger partial charge in [-0.1, -0.05) is 28.1 Å². The van der Waals surface area contributed by atoms with Crippen LogP contribution in [-0.2, 0) is 6.42 Å². The summed E-state index contributed by atoms with van der Waals surface area (Å²) in [5.74, 6) is 0.441. The van der Waals surface area contributed by atoms with E-state index < -0.39 is 0 Å². The van der Waals surface area contributed by atoms with Crippen molar-refractivity contribution in [3.8, 4) is 0 Å². The van der Waals surface area contributed by atoms with Crippen molar-refractivity contribution in [1.82, 2.24) is 5.43 Å². The molecule has 3 aromatic rings. The minimum absolute atomic E-state index is 0.282. The SMILES string of the molecule is Cc1cccc(NC(=O)c2oc3c(c2C)/C(=N/NC(=O)c2ccc(Br)cc2)CCC3)c1C. The molecule has 1 aliphatic carbocycles. The number of carbonyl (C=O) groups excluding carboxylic acids is 2. The van der Waals surface area contributed by atoms with Gasteiger partial charge in [-0.05, 0) is 75.1 Å². The number of aryl methyl sites for hydroxylation is 2. The van der Waals surface area contributed by atoms with Crippen molar-refractivity contribution in [3.63, 3.8) is 0 Å². The smallest absolute Gasteiger partial charge is 0.291 e. The molecule has 7 heteroatoms. The summed E-state index contributed by atoms with van der Waals surface area (Å²) in [7, 11) is 0. The molecule has 0 unspecified atom stereocenters. The second-order valence-corrected chi connectivity index (χ2v) is 8.83. The summed E-state index contributed by atoms with van der Waals surface area (Å²) in [6, 6.07) is 12.9. The predicted octanol–water partition coefficient (Wildman–Crippen LogP) is 5.69. The lowest BCUT2D eigenvalue weighted by Gasteiger charge is -2.13. The van der Waals surface area contributed by atoms with E-state index in [1.54, 1.807) is 12.1 Å². The molecule has 164 valence electrons. The monoisotopic (exact) mass is 493 g/mol. The van der Waals surface area contributed by atoms with E-state index in [9.17, 15) is 9.59 Å². The number of amides is 2. The summed E-state index contributed by atoms with van der Waals surface area (Å²) in [6.07, 6.45) is 2.27. The van der Waals surface area contributed by atoms with Crippen LogP contribution in [0.4, 0.5) is 5.69 Å². The third-order valence-corrected chi connectivity index (χ3v) is 6.31. The maximum Gasteiger partial charge on any atom is 0.291 e. The highest BCUT2D eigenvalue weighted by molar-refractivity contribution is 9.10. The van der Waals surface area contributed by atoms with Crippen LogP contribution in [0.5, 0.6) is 0 Å². The molecule has 0 atom stereocenters. The Morgan fingerprint density at radius 3 is 2.47 bits per heavy atom. The van der Waals surface area contributed by atoms with Crippen molar-refractivity contribution in [1.29, 1.82) is 0 Å². The lowest BCUT2D eigenvalue weighted by Crippen LogP contribution is -2.22. The first-order valence-corrected chi connectivity index (χ1v) is 11.3. The number of hydrogen-bond acceptors (Lipinski definition) is 4. The van der Waals surface area contributed by atoms with E-state index in [1.807, 2.05) is 51.1 Å². The number of rotatable bonds is 4. The molecule has 2 amide bonds. The molecular weight excluding hydrogens is 470 g/mol. The van der Waals surface area contributed by atoms with E-state index in [2.05, 4.69) is 31.8 Å². The number of hydrogen-bond donors (Lipinski definition) is 2. The average molecular weight is 494 g/mol. The second-order valence-electron chi connectivity index (χ2n) is 7.92. The fourth-order valence-electron chi connectivity index (χ4n) is 3.85. The van der Waals surface area contributed by atoms with Crippen LogP contribution in [0.2, 0.25) is 0 Å². The third-order valence-electron chi connectivity index (χ3n) is 5.78. The van der Waals surface area contributed by atoms with Gasteiger partial charge >= 0.3 is 0 Å². The molecular formula is C25H24BrN3O3. The highest BCUT2D eigenvalue weighted by Gasteiger charge is 2.28. The molecule has 32 heavy (non-hydrogen) atoms. The van der Waals surface area contributed by atoms with Gasteiger partial charge in [0.25, 0.3) is 11.8 Å². The number of fused-ring (bicyclic) bond motifs is 1. The molecule has 6 nitrogen and oxygen atoms in total. The van der Waals surface area contributed by atoms with Crippen LogP contribution in [0, 0.1) is 20.8 Å². The molecule has 0 saturated carbocycles. The highest BCUT2D eigenvalue weighted by Crippen LogP contribution is 2.30. The molecule has 0 radical (unpaired) electrons. The summed E-state index contributed by atoms with van der Waals surface area (Å²) in [5, 5.41) is 7.34. The number of nitrogens with zero attached hydrogens (tertiary/aromatic N) is 1. The van der Waals surface area contributed by atoms with Gasteiger partial charge in [-0.3, -0.25) is 9.59 Å². The summed E-state index contributed by atoms with van der Waals surface area (Å²) >= 11 is 3.36. The van der Waals surface area contributed by atoms with Gasteiger partial charge in [0.05, 0.1) is 5.71 Å². The van der Waals surface area contributed by atoms with Crippen molar-refractivity contribution < 1.29 is 14.0 Å². The number of halogens is 1. The van der Waals surface area contributed by atoms with Gasteiger partial charge in [0.15, 0.2) is 5.76 Å². The largest absolute Gasteiger partial charge is 0.455 e. The average Bonchev–Trinajstić information content (AvgIpc) is 3.13. The van der Waals surface area contributed by atoms with Gasteiger partial charge in [-0.15, -0.1) is 0 Å². The fourth-order valence-corrected chi connectivity index (χ4v) is 4.11. The van der Waals surface area contributed by atoms with Gasteiger partial charge in [0, 0.05) is 33.3 Å². The Balaban J connectivity index is 1.57. The third kappa shape index (κ3) is 4.39. The lowest BCUT2D eigenvalue weighted by atomic mass is 9.93. The molecule has 0 fully saturated rings. The Hall–Kier alpha value is -3.19. The van der Waals surface area contributed by atoms with Crippen LogP contribution in [0.1, 0.15) is 61.8 Å². The quantitative estimate of drug-likeness (QED) is 0.457. The molecule has 0 saturated heterocycles. The molecule has 1 aliphatic rings. The molecule has 2 N–H and O–H groups in total. The van der Waals surface area contributed by atoms with E-state index in [1.165, 1.54) is 0 Å². The molecule has 0 bridgehead atoms. The number of hydrazone groups is 1. The van der Waals surface area contributed by atoms with Gasteiger partial charge in [-0.2, -0.15) is 5.10 Å². The topological polar surface area (TPSA) is 83.7 Å². The molecule has 0 aliphatic heterocycles. The van der Waals surface area contributed by atoms with Crippen LogP contribution < -0.4 is 10.7 Å². The van der Waals surface area contributed by atoms with E-state index in [-0.39, 0.29) is 17.6 Å². The Morgan fingerprint density at radius 2 is 1.72 bits per heavy atom. The summed E-state index contributed by atoms with van der Waals surface area (Å²) in [4.78, 5) is 25.4. The Kier molecular flexibility index (Phi) is 6.28. The van der Waals surface area contributed by atoms with Gasteiger partial charge in [0.2, 0.25) is 0 Å². The Labute approximate surface area is 195 Å². The molecule has 2 aromatic carbocycles. The van der Waals surface area contributed by atoms with Crippen LogP contribution >= 0.6 is 15.9 Å². The second kappa shape index (κ2) is 9.12. The van der Waals surface area contributed by atoms with Gasteiger partial charge in [-0.25, -0.2) is 5.43 Å². The summed E-state index contributed by atoms with van der Waals surface area (Å²) in [5.41, 5.74) is 8.33. The maximum atomic E-state index is 13.0. The van der Waals surface area contributed by atoms with Crippen molar-refractivity contribution in [2.24, 2.45) is 5.10 Å².